The molecule has 3 heteroatoms. The van der Waals surface area contributed by atoms with Crippen molar-refractivity contribution in [1.29, 1.82) is 0 Å². The summed E-state index contributed by atoms with van der Waals surface area (Å²) in [6, 6.07) is 10.2. The highest BCUT2D eigenvalue weighted by atomic mass is 16.5. The van der Waals surface area contributed by atoms with Crippen LogP contribution in [0.3, 0.4) is 0 Å². The molecule has 1 N–H and O–H groups in total. The zero-order valence-corrected chi connectivity index (χ0v) is 10.4. The average molecular weight is 233 g/mol. The van der Waals surface area contributed by atoms with Crippen LogP contribution in [-0.2, 0) is 9.53 Å². The number of esters is 1. The van der Waals surface area contributed by atoms with Crippen LogP contribution >= 0.6 is 0 Å². The molecule has 0 aromatic heterocycles. The van der Waals surface area contributed by atoms with Gasteiger partial charge in [0.1, 0.15) is 12.1 Å². The summed E-state index contributed by atoms with van der Waals surface area (Å²) in [5, 5.41) is 3.42. The quantitative estimate of drug-likeness (QED) is 0.815. The summed E-state index contributed by atoms with van der Waals surface area (Å²) in [5.74, 6) is -0.133. The Morgan fingerprint density at radius 1 is 1.41 bits per heavy atom. The Labute approximate surface area is 102 Å². The maximum atomic E-state index is 11.8. The highest BCUT2D eigenvalue weighted by molar-refractivity contribution is 5.81. The molecule has 0 bridgehead atoms. The average Bonchev–Trinajstić information content (AvgIpc) is 2.34. The molecule has 1 aliphatic heterocycles. The lowest BCUT2D eigenvalue weighted by Gasteiger charge is -2.38. The fourth-order valence-electron chi connectivity index (χ4n) is 2.34. The number of carbonyl (C=O) groups excluding carboxylic acids is 1. The van der Waals surface area contributed by atoms with Gasteiger partial charge < -0.3 is 4.74 Å². The van der Waals surface area contributed by atoms with Crippen molar-refractivity contribution in [3.05, 3.63) is 35.9 Å². The normalized spacial score (nSPS) is 28.8. The van der Waals surface area contributed by atoms with E-state index in [1.165, 1.54) is 5.56 Å². The Morgan fingerprint density at radius 3 is 2.76 bits per heavy atom. The summed E-state index contributed by atoms with van der Waals surface area (Å²) in [7, 11) is 0. The molecule has 0 amide bonds. The lowest BCUT2D eigenvalue weighted by Crippen LogP contribution is -2.56. The van der Waals surface area contributed by atoms with Crippen LogP contribution in [0, 0.1) is 0 Å². The van der Waals surface area contributed by atoms with Gasteiger partial charge in [0.25, 0.3) is 0 Å². The number of benzene rings is 1. The summed E-state index contributed by atoms with van der Waals surface area (Å²) in [6.45, 7) is 4.42. The second-order valence-corrected chi connectivity index (χ2v) is 4.79. The molecule has 17 heavy (non-hydrogen) atoms. The van der Waals surface area contributed by atoms with Crippen LogP contribution in [0.5, 0.6) is 0 Å². The maximum Gasteiger partial charge on any atom is 0.326 e. The van der Waals surface area contributed by atoms with Crippen molar-refractivity contribution in [1.82, 2.24) is 5.32 Å². The van der Waals surface area contributed by atoms with Gasteiger partial charge in [-0.3, -0.25) is 10.1 Å². The van der Waals surface area contributed by atoms with Crippen LogP contribution in [0.1, 0.15) is 38.3 Å². The van der Waals surface area contributed by atoms with Gasteiger partial charge >= 0.3 is 5.97 Å². The lowest BCUT2D eigenvalue weighted by molar-refractivity contribution is -0.158. The second kappa shape index (κ2) is 4.88. The van der Waals surface area contributed by atoms with E-state index in [0.717, 1.165) is 12.8 Å². The summed E-state index contributed by atoms with van der Waals surface area (Å²) >= 11 is 0. The van der Waals surface area contributed by atoms with Crippen molar-refractivity contribution in [2.24, 2.45) is 0 Å². The fourth-order valence-corrected chi connectivity index (χ4v) is 2.34. The lowest BCUT2D eigenvalue weighted by atomic mass is 9.92. The van der Waals surface area contributed by atoms with E-state index < -0.39 is 5.54 Å². The number of nitrogens with one attached hydrogen (secondary N) is 1. The Balaban J connectivity index is 2.16. The molecule has 3 nitrogen and oxygen atoms in total. The molecule has 0 spiro atoms. The molecule has 1 aromatic rings. The molecule has 0 saturated carbocycles. The van der Waals surface area contributed by atoms with Crippen molar-refractivity contribution >= 4 is 5.97 Å². The molecule has 0 radical (unpaired) electrons. The molecule has 1 aromatic carbocycles. The van der Waals surface area contributed by atoms with E-state index in [2.05, 4.69) is 24.4 Å². The third-order valence-electron chi connectivity index (χ3n) is 3.28. The summed E-state index contributed by atoms with van der Waals surface area (Å²) in [6.07, 6.45) is 1.76. The zero-order chi connectivity index (χ0) is 12.3. The molecule has 2 rings (SSSR count). The van der Waals surface area contributed by atoms with Gasteiger partial charge in [-0.25, -0.2) is 0 Å². The predicted molar refractivity (Wildman–Crippen MR) is 66.6 cm³/mol. The van der Waals surface area contributed by atoms with E-state index in [4.69, 9.17) is 4.74 Å². The maximum absolute atomic E-state index is 11.8. The van der Waals surface area contributed by atoms with E-state index in [9.17, 15) is 4.79 Å². The van der Waals surface area contributed by atoms with Gasteiger partial charge in [0.15, 0.2) is 0 Å². The topological polar surface area (TPSA) is 38.3 Å². The van der Waals surface area contributed by atoms with Crippen LogP contribution < -0.4 is 5.32 Å². The smallest absolute Gasteiger partial charge is 0.326 e. The number of rotatable bonds is 3. The third kappa shape index (κ3) is 2.50. The first-order chi connectivity index (χ1) is 8.15. The van der Waals surface area contributed by atoms with E-state index in [1.807, 2.05) is 25.1 Å². The van der Waals surface area contributed by atoms with E-state index in [-0.39, 0.29) is 12.0 Å². The molecule has 1 aliphatic rings. The first-order valence-corrected chi connectivity index (χ1v) is 6.15. The Bertz CT molecular complexity index is 390. The van der Waals surface area contributed by atoms with Crippen molar-refractivity contribution < 1.29 is 9.53 Å². The minimum Gasteiger partial charge on any atom is -0.462 e. The van der Waals surface area contributed by atoms with Gasteiger partial charge in [0, 0.05) is 0 Å². The van der Waals surface area contributed by atoms with E-state index >= 15 is 0 Å². The third-order valence-corrected chi connectivity index (χ3v) is 3.28. The summed E-state index contributed by atoms with van der Waals surface area (Å²) in [5.41, 5.74) is 0.621. The molecule has 2 atom stereocenters. The highest BCUT2D eigenvalue weighted by Gasteiger charge is 2.40. The van der Waals surface area contributed by atoms with Crippen LogP contribution in [0.15, 0.2) is 30.3 Å². The number of cyclic esters (lactones) is 1. The van der Waals surface area contributed by atoms with Crippen LogP contribution in [0.2, 0.25) is 0 Å². The largest absolute Gasteiger partial charge is 0.462 e. The first-order valence-electron chi connectivity index (χ1n) is 6.15. The monoisotopic (exact) mass is 233 g/mol. The standard InChI is InChI=1S/C14H19NO2/c1-3-9-14(2)13(16)17-10-12(15-14)11-7-5-4-6-8-11/h4-8,12,15H,3,9-10H2,1-2H3. The van der Waals surface area contributed by atoms with Crippen molar-refractivity contribution in [3.8, 4) is 0 Å². The number of carbonyl (C=O) groups is 1. The predicted octanol–water partition coefficient (Wildman–Crippen LogP) is 2.43. The molecular weight excluding hydrogens is 214 g/mol. The minimum absolute atomic E-state index is 0.102. The molecule has 92 valence electrons. The Kier molecular flexibility index (Phi) is 3.48. The van der Waals surface area contributed by atoms with Crippen LogP contribution in [0.4, 0.5) is 0 Å². The second-order valence-electron chi connectivity index (χ2n) is 4.79. The molecule has 2 unspecified atom stereocenters. The number of morpholine rings is 1. The zero-order valence-electron chi connectivity index (χ0n) is 10.4. The number of ether oxygens (including phenoxy) is 1. The molecule has 1 saturated heterocycles. The molecular formula is C14H19NO2. The van der Waals surface area contributed by atoms with Gasteiger partial charge in [0.2, 0.25) is 0 Å². The first kappa shape index (κ1) is 12.1. The van der Waals surface area contributed by atoms with Gasteiger partial charge in [-0.15, -0.1) is 0 Å². The Hall–Kier alpha value is -1.35. The fraction of sp³-hybridized carbons (Fsp3) is 0.500. The molecule has 1 heterocycles. The number of hydrogen-bond acceptors (Lipinski definition) is 3. The molecule has 0 aliphatic carbocycles. The number of hydrogen-bond donors (Lipinski definition) is 1. The summed E-state index contributed by atoms with van der Waals surface area (Å²) in [4.78, 5) is 11.8. The highest BCUT2D eigenvalue weighted by Crippen LogP contribution is 2.26. The SMILES string of the molecule is CCCC1(C)NC(c2ccccc2)COC1=O. The van der Waals surface area contributed by atoms with E-state index in [1.54, 1.807) is 0 Å². The summed E-state index contributed by atoms with van der Waals surface area (Å²) < 4.78 is 5.31. The van der Waals surface area contributed by atoms with Crippen molar-refractivity contribution in [2.45, 2.75) is 38.3 Å². The van der Waals surface area contributed by atoms with Crippen molar-refractivity contribution in [3.63, 3.8) is 0 Å². The minimum atomic E-state index is -0.548. The van der Waals surface area contributed by atoms with Gasteiger partial charge in [0.05, 0.1) is 6.04 Å². The van der Waals surface area contributed by atoms with Gasteiger partial charge in [-0.1, -0.05) is 43.7 Å². The van der Waals surface area contributed by atoms with E-state index in [0.29, 0.717) is 6.61 Å². The Morgan fingerprint density at radius 2 is 2.12 bits per heavy atom. The van der Waals surface area contributed by atoms with Crippen molar-refractivity contribution in [2.75, 3.05) is 6.61 Å². The van der Waals surface area contributed by atoms with Crippen LogP contribution in [-0.4, -0.2) is 18.1 Å². The van der Waals surface area contributed by atoms with Gasteiger partial charge in [-0.2, -0.15) is 0 Å². The molecule has 1 fully saturated rings. The van der Waals surface area contributed by atoms with Crippen LogP contribution in [0.25, 0.3) is 0 Å². The van der Waals surface area contributed by atoms with Gasteiger partial charge in [-0.05, 0) is 18.9 Å².